The lowest BCUT2D eigenvalue weighted by Crippen LogP contribution is -2.17. The molecule has 4 aromatic heterocycles. The van der Waals surface area contributed by atoms with Crippen LogP contribution in [0.1, 0.15) is 17.6 Å². The Morgan fingerprint density at radius 3 is 2.56 bits per heavy atom. The van der Waals surface area contributed by atoms with E-state index in [1.54, 1.807) is 23.4 Å². The van der Waals surface area contributed by atoms with Crippen LogP contribution in [0.2, 0.25) is 0 Å². The molecule has 0 bridgehead atoms. The molecule has 0 saturated carbocycles. The van der Waals surface area contributed by atoms with E-state index >= 15 is 0 Å². The van der Waals surface area contributed by atoms with E-state index in [4.69, 9.17) is 0 Å². The molecule has 2 aromatic carbocycles. The maximum Gasteiger partial charge on any atom is 0.161 e. The molecule has 0 unspecified atom stereocenters. The van der Waals surface area contributed by atoms with Crippen molar-refractivity contribution in [2.75, 3.05) is 5.32 Å². The van der Waals surface area contributed by atoms with E-state index < -0.39 is 0 Å². The lowest BCUT2D eigenvalue weighted by Gasteiger charge is -2.19. The molecule has 0 aliphatic rings. The third kappa shape index (κ3) is 3.38. The van der Waals surface area contributed by atoms with Gasteiger partial charge in [0, 0.05) is 62.7 Å². The SMILES string of the molecule is Cn1ccc([C@H](Nc2cc(-c3ccc4ccn(C)c4c3)c3nccnc3c2)c2nncn2C)n1. The molecule has 0 radical (unpaired) electrons. The van der Waals surface area contributed by atoms with Crippen LogP contribution in [-0.2, 0) is 21.1 Å². The highest BCUT2D eigenvalue weighted by molar-refractivity contribution is 5.97. The van der Waals surface area contributed by atoms with E-state index in [1.807, 2.05) is 37.0 Å². The monoisotopic (exact) mass is 449 g/mol. The van der Waals surface area contributed by atoms with Crippen LogP contribution in [0.3, 0.4) is 0 Å². The number of hydrogen-bond donors (Lipinski definition) is 1. The van der Waals surface area contributed by atoms with Gasteiger partial charge in [-0.05, 0) is 41.3 Å². The summed E-state index contributed by atoms with van der Waals surface area (Å²) in [7, 11) is 5.89. The minimum atomic E-state index is -0.286. The van der Waals surface area contributed by atoms with Gasteiger partial charge < -0.3 is 14.5 Å². The highest BCUT2D eigenvalue weighted by atomic mass is 15.3. The van der Waals surface area contributed by atoms with Gasteiger partial charge in [-0.2, -0.15) is 5.10 Å². The summed E-state index contributed by atoms with van der Waals surface area (Å²) >= 11 is 0. The molecule has 9 nitrogen and oxygen atoms in total. The maximum atomic E-state index is 4.65. The number of hydrogen-bond acceptors (Lipinski definition) is 6. The van der Waals surface area contributed by atoms with Crippen LogP contribution < -0.4 is 5.32 Å². The van der Waals surface area contributed by atoms with Crippen molar-refractivity contribution < 1.29 is 0 Å². The van der Waals surface area contributed by atoms with Gasteiger partial charge in [-0.15, -0.1) is 10.2 Å². The van der Waals surface area contributed by atoms with Crippen molar-refractivity contribution in [3.8, 4) is 11.1 Å². The summed E-state index contributed by atoms with van der Waals surface area (Å²) in [6.07, 6.45) is 9.14. The van der Waals surface area contributed by atoms with E-state index in [1.165, 1.54) is 10.9 Å². The van der Waals surface area contributed by atoms with Gasteiger partial charge in [0.05, 0.1) is 16.7 Å². The van der Waals surface area contributed by atoms with Gasteiger partial charge >= 0.3 is 0 Å². The zero-order valence-electron chi connectivity index (χ0n) is 19.1. The molecule has 6 rings (SSSR count). The molecule has 0 aliphatic heterocycles. The number of anilines is 1. The van der Waals surface area contributed by atoms with Crippen LogP contribution in [0.15, 0.2) is 73.6 Å². The number of nitrogens with one attached hydrogen (secondary N) is 1. The molecule has 1 N–H and O–H groups in total. The van der Waals surface area contributed by atoms with Crippen LogP contribution in [0.25, 0.3) is 33.1 Å². The van der Waals surface area contributed by atoms with Crippen molar-refractivity contribution in [1.29, 1.82) is 0 Å². The molecule has 34 heavy (non-hydrogen) atoms. The fourth-order valence-corrected chi connectivity index (χ4v) is 4.39. The van der Waals surface area contributed by atoms with Gasteiger partial charge in [0.25, 0.3) is 0 Å². The van der Waals surface area contributed by atoms with E-state index in [9.17, 15) is 0 Å². The van der Waals surface area contributed by atoms with Crippen LogP contribution in [0.5, 0.6) is 0 Å². The minimum Gasteiger partial charge on any atom is -0.370 e. The Bertz CT molecular complexity index is 1640. The number of aryl methyl sites for hydroxylation is 3. The Kier molecular flexibility index (Phi) is 4.61. The van der Waals surface area contributed by atoms with Crippen molar-refractivity contribution in [3.05, 3.63) is 85.1 Å². The first-order chi connectivity index (χ1) is 16.6. The van der Waals surface area contributed by atoms with Crippen LogP contribution >= 0.6 is 0 Å². The van der Waals surface area contributed by atoms with Crippen molar-refractivity contribution in [2.24, 2.45) is 21.1 Å². The fourth-order valence-electron chi connectivity index (χ4n) is 4.39. The normalized spacial score (nSPS) is 12.4. The fraction of sp³-hybridized carbons (Fsp3) is 0.160. The Labute approximate surface area is 195 Å². The predicted octanol–water partition coefficient (Wildman–Crippen LogP) is 3.85. The summed E-state index contributed by atoms with van der Waals surface area (Å²) in [5, 5.41) is 17.9. The van der Waals surface area contributed by atoms with Crippen molar-refractivity contribution in [1.82, 2.24) is 39.1 Å². The third-order valence-electron chi connectivity index (χ3n) is 6.12. The van der Waals surface area contributed by atoms with Crippen molar-refractivity contribution in [2.45, 2.75) is 6.04 Å². The van der Waals surface area contributed by atoms with Gasteiger partial charge in [0.15, 0.2) is 5.82 Å². The number of aromatic nitrogens is 8. The average molecular weight is 450 g/mol. The lowest BCUT2D eigenvalue weighted by atomic mass is 10.0. The summed E-state index contributed by atoms with van der Waals surface area (Å²) in [4.78, 5) is 9.26. The van der Waals surface area contributed by atoms with Crippen LogP contribution in [0.4, 0.5) is 5.69 Å². The van der Waals surface area contributed by atoms with Gasteiger partial charge in [-0.25, -0.2) is 0 Å². The minimum absolute atomic E-state index is 0.286. The Morgan fingerprint density at radius 2 is 1.76 bits per heavy atom. The summed E-state index contributed by atoms with van der Waals surface area (Å²) < 4.78 is 5.81. The molecule has 0 saturated heterocycles. The third-order valence-corrected chi connectivity index (χ3v) is 6.12. The zero-order valence-corrected chi connectivity index (χ0v) is 19.1. The van der Waals surface area contributed by atoms with Gasteiger partial charge in [0.1, 0.15) is 12.4 Å². The Balaban J connectivity index is 1.50. The molecule has 0 fully saturated rings. The van der Waals surface area contributed by atoms with E-state index in [-0.39, 0.29) is 6.04 Å². The highest BCUT2D eigenvalue weighted by Crippen LogP contribution is 2.34. The van der Waals surface area contributed by atoms with Crippen LogP contribution in [0, 0.1) is 0 Å². The van der Waals surface area contributed by atoms with Crippen LogP contribution in [-0.4, -0.2) is 39.1 Å². The standard InChI is InChI=1S/C25H23N9/c1-32-10-6-16-4-5-17(12-22(16)32)19-13-18(14-21-23(19)27-9-8-26-21)29-24(20-7-11-34(3)31-20)25-30-28-15-33(25)2/h4-15,24,29H,1-3H3/t24-/m0/s1. The van der Waals surface area contributed by atoms with E-state index in [0.717, 1.165) is 39.4 Å². The van der Waals surface area contributed by atoms with Gasteiger partial charge in [-0.3, -0.25) is 14.6 Å². The molecule has 0 amide bonds. The zero-order chi connectivity index (χ0) is 23.2. The summed E-state index contributed by atoms with van der Waals surface area (Å²) in [5.41, 5.74) is 6.67. The summed E-state index contributed by atoms with van der Waals surface area (Å²) in [5.74, 6) is 0.768. The summed E-state index contributed by atoms with van der Waals surface area (Å²) in [6.45, 7) is 0. The largest absolute Gasteiger partial charge is 0.370 e. The first-order valence-corrected chi connectivity index (χ1v) is 11.0. The molecule has 0 spiro atoms. The molecule has 4 heterocycles. The number of benzene rings is 2. The quantitative estimate of drug-likeness (QED) is 0.430. The van der Waals surface area contributed by atoms with Crippen molar-refractivity contribution >= 4 is 27.6 Å². The first kappa shape index (κ1) is 20.1. The average Bonchev–Trinajstić information content (AvgIpc) is 3.57. The molecule has 6 aromatic rings. The smallest absolute Gasteiger partial charge is 0.161 e. The Hall–Kier alpha value is -4.53. The number of fused-ring (bicyclic) bond motifs is 2. The maximum absolute atomic E-state index is 4.65. The molecule has 0 aliphatic carbocycles. The number of rotatable bonds is 5. The second-order valence-electron chi connectivity index (χ2n) is 8.44. The highest BCUT2D eigenvalue weighted by Gasteiger charge is 2.22. The van der Waals surface area contributed by atoms with E-state index in [2.05, 4.69) is 78.7 Å². The molecule has 9 heteroatoms. The lowest BCUT2D eigenvalue weighted by molar-refractivity contribution is 0.689. The topological polar surface area (TPSA) is 91.3 Å². The number of nitrogens with zero attached hydrogens (tertiary/aromatic N) is 8. The van der Waals surface area contributed by atoms with Gasteiger partial charge in [0.2, 0.25) is 0 Å². The molecular weight excluding hydrogens is 426 g/mol. The molecular formula is C25H23N9. The van der Waals surface area contributed by atoms with E-state index in [0.29, 0.717) is 0 Å². The Morgan fingerprint density at radius 1 is 0.882 bits per heavy atom. The second kappa shape index (κ2) is 7.80. The molecule has 1 atom stereocenters. The second-order valence-corrected chi connectivity index (χ2v) is 8.44. The first-order valence-electron chi connectivity index (χ1n) is 11.0. The molecule has 168 valence electrons. The van der Waals surface area contributed by atoms with Crippen molar-refractivity contribution in [3.63, 3.8) is 0 Å². The predicted molar refractivity (Wildman–Crippen MR) is 131 cm³/mol. The van der Waals surface area contributed by atoms with Gasteiger partial charge in [-0.1, -0.05) is 12.1 Å². The summed E-state index contributed by atoms with van der Waals surface area (Å²) in [6, 6.07) is 14.4.